The molecule has 1 N–H and O–H groups in total. The standard InChI is InChI=1S/C16H32N2/c1-3-7-15(17-2)14-18-12-10-16(11-13-18)8-5-4-6-9-16/h15,17H,3-14H2,1-2H3. The zero-order chi connectivity index (χ0) is 12.8. The fourth-order valence-corrected chi connectivity index (χ4v) is 4.00. The van der Waals surface area contributed by atoms with Crippen LogP contribution in [-0.4, -0.2) is 37.6 Å². The maximum atomic E-state index is 3.48. The summed E-state index contributed by atoms with van der Waals surface area (Å²) in [6.45, 7) is 6.25. The first-order chi connectivity index (χ1) is 8.78. The monoisotopic (exact) mass is 252 g/mol. The molecule has 106 valence electrons. The van der Waals surface area contributed by atoms with E-state index in [1.807, 2.05) is 0 Å². The highest BCUT2D eigenvalue weighted by atomic mass is 15.2. The summed E-state index contributed by atoms with van der Waals surface area (Å²) in [5, 5.41) is 3.48. The van der Waals surface area contributed by atoms with Gasteiger partial charge in [0, 0.05) is 12.6 Å². The Morgan fingerprint density at radius 3 is 2.28 bits per heavy atom. The third-order valence-electron chi connectivity index (χ3n) is 5.35. The van der Waals surface area contributed by atoms with E-state index in [2.05, 4.69) is 24.2 Å². The van der Waals surface area contributed by atoms with Crippen molar-refractivity contribution >= 4 is 0 Å². The molecule has 0 radical (unpaired) electrons. The average molecular weight is 252 g/mol. The summed E-state index contributed by atoms with van der Waals surface area (Å²) >= 11 is 0. The van der Waals surface area contributed by atoms with Gasteiger partial charge in [-0.15, -0.1) is 0 Å². The maximum absolute atomic E-state index is 3.48. The molecule has 2 aliphatic rings. The predicted molar refractivity (Wildman–Crippen MR) is 78.9 cm³/mol. The van der Waals surface area contributed by atoms with Crippen LogP contribution in [0.15, 0.2) is 0 Å². The second kappa shape index (κ2) is 6.91. The molecule has 0 bridgehead atoms. The Balaban J connectivity index is 1.75. The van der Waals surface area contributed by atoms with Crippen LogP contribution in [0.2, 0.25) is 0 Å². The summed E-state index contributed by atoms with van der Waals surface area (Å²) in [4.78, 5) is 2.71. The molecule has 1 saturated heterocycles. The Kier molecular flexibility index (Phi) is 5.50. The summed E-state index contributed by atoms with van der Waals surface area (Å²) in [5.74, 6) is 0. The zero-order valence-electron chi connectivity index (χ0n) is 12.5. The second-order valence-corrected chi connectivity index (χ2v) is 6.64. The molecule has 1 aliphatic heterocycles. The molecular weight excluding hydrogens is 220 g/mol. The molecule has 18 heavy (non-hydrogen) atoms. The van der Waals surface area contributed by atoms with Gasteiger partial charge in [-0.2, -0.15) is 0 Å². The minimum atomic E-state index is 0.704. The van der Waals surface area contributed by atoms with Crippen molar-refractivity contribution in [1.82, 2.24) is 10.2 Å². The lowest BCUT2D eigenvalue weighted by Gasteiger charge is -2.45. The third kappa shape index (κ3) is 3.71. The molecule has 1 spiro atoms. The molecule has 2 nitrogen and oxygen atoms in total. The molecule has 1 saturated carbocycles. The molecule has 1 atom stereocenters. The first kappa shape index (κ1) is 14.3. The number of likely N-dealkylation sites (N-methyl/N-ethyl adjacent to an activating group) is 1. The Hall–Kier alpha value is -0.0800. The molecule has 2 rings (SSSR count). The van der Waals surface area contributed by atoms with Crippen LogP contribution in [0.3, 0.4) is 0 Å². The topological polar surface area (TPSA) is 15.3 Å². The van der Waals surface area contributed by atoms with Crippen molar-refractivity contribution in [2.24, 2.45) is 5.41 Å². The number of piperidine rings is 1. The highest BCUT2D eigenvalue weighted by Gasteiger charge is 2.35. The van der Waals surface area contributed by atoms with Crippen LogP contribution >= 0.6 is 0 Å². The molecule has 1 unspecified atom stereocenters. The normalized spacial score (nSPS) is 26.3. The fraction of sp³-hybridized carbons (Fsp3) is 1.00. The van der Waals surface area contributed by atoms with Crippen LogP contribution in [0.25, 0.3) is 0 Å². The zero-order valence-corrected chi connectivity index (χ0v) is 12.5. The summed E-state index contributed by atoms with van der Waals surface area (Å²) in [7, 11) is 2.12. The van der Waals surface area contributed by atoms with E-state index in [-0.39, 0.29) is 0 Å². The quantitative estimate of drug-likeness (QED) is 0.806. The summed E-state index contributed by atoms with van der Waals surface area (Å²) < 4.78 is 0. The van der Waals surface area contributed by atoms with E-state index < -0.39 is 0 Å². The van der Waals surface area contributed by atoms with Gasteiger partial charge in [0.2, 0.25) is 0 Å². The fourth-order valence-electron chi connectivity index (χ4n) is 4.00. The summed E-state index contributed by atoms with van der Waals surface area (Å²) in [6, 6.07) is 0.704. The van der Waals surface area contributed by atoms with Gasteiger partial charge < -0.3 is 10.2 Å². The van der Waals surface area contributed by atoms with E-state index in [0.717, 1.165) is 5.41 Å². The molecule has 0 aromatic rings. The van der Waals surface area contributed by atoms with Gasteiger partial charge in [-0.05, 0) is 57.7 Å². The van der Waals surface area contributed by atoms with E-state index >= 15 is 0 Å². The van der Waals surface area contributed by atoms with Gasteiger partial charge in [0.05, 0.1) is 0 Å². The number of likely N-dealkylation sites (tertiary alicyclic amines) is 1. The second-order valence-electron chi connectivity index (χ2n) is 6.64. The van der Waals surface area contributed by atoms with Crippen molar-refractivity contribution in [2.45, 2.75) is 70.8 Å². The van der Waals surface area contributed by atoms with E-state index in [9.17, 15) is 0 Å². The van der Waals surface area contributed by atoms with Crippen molar-refractivity contribution in [2.75, 3.05) is 26.7 Å². The van der Waals surface area contributed by atoms with Gasteiger partial charge in [-0.25, -0.2) is 0 Å². The van der Waals surface area contributed by atoms with Gasteiger partial charge in [-0.3, -0.25) is 0 Å². The summed E-state index contributed by atoms with van der Waals surface area (Å²) in [5.41, 5.74) is 0.759. The van der Waals surface area contributed by atoms with Crippen molar-refractivity contribution in [3.8, 4) is 0 Å². The van der Waals surface area contributed by atoms with Gasteiger partial charge in [-0.1, -0.05) is 32.6 Å². The van der Waals surface area contributed by atoms with Gasteiger partial charge in [0.25, 0.3) is 0 Å². The van der Waals surface area contributed by atoms with Crippen LogP contribution in [0.4, 0.5) is 0 Å². The van der Waals surface area contributed by atoms with E-state index in [0.29, 0.717) is 6.04 Å². The smallest absolute Gasteiger partial charge is 0.0191 e. The average Bonchev–Trinajstić information content (AvgIpc) is 2.42. The molecule has 0 aromatic heterocycles. The Morgan fingerprint density at radius 2 is 1.72 bits per heavy atom. The molecule has 1 heterocycles. The molecule has 2 fully saturated rings. The van der Waals surface area contributed by atoms with E-state index in [1.165, 1.54) is 77.4 Å². The molecule has 0 amide bonds. The highest BCUT2D eigenvalue weighted by Crippen LogP contribution is 2.44. The molecule has 1 aliphatic carbocycles. The number of rotatable bonds is 5. The minimum Gasteiger partial charge on any atom is -0.316 e. The lowest BCUT2D eigenvalue weighted by molar-refractivity contribution is 0.0627. The van der Waals surface area contributed by atoms with E-state index in [4.69, 9.17) is 0 Å². The minimum absolute atomic E-state index is 0.704. The lowest BCUT2D eigenvalue weighted by Crippen LogP contribution is -2.46. The first-order valence-electron chi connectivity index (χ1n) is 8.18. The Labute approximate surface area is 114 Å². The molecule has 0 aromatic carbocycles. The Bertz CT molecular complexity index is 223. The largest absolute Gasteiger partial charge is 0.316 e. The molecular formula is C16H32N2. The highest BCUT2D eigenvalue weighted by molar-refractivity contribution is 4.89. The van der Waals surface area contributed by atoms with Gasteiger partial charge in [0.1, 0.15) is 0 Å². The van der Waals surface area contributed by atoms with Gasteiger partial charge >= 0.3 is 0 Å². The Morgan fingerprint density at radius 1 is 1.06 bits per heavy atom. The van der Waals surface area contributed by atoms with Crippen molar-refractivity contribution in [3.63, 3.8) is 0 Å². The number of hydrogen-bond donors (Lipinski definition) is 1. The number of nitrogens with one attached hydrogen (secondary N) is 1. The van der Waals surface area contributed by atoms with Crippen LogP contribution < -0.4 is 5.32 Å². The maximum Gasteiger partial charge on any atom is 0.0191 e. The van der Waals surface area contributed by atoms with E-state index in [1.54, 1.807) is 0 Å². The third-order valence-corrected chi connectivity index (χ3v) is 5.35. The van der Waals surface area contributed by atoms with Crippen LogP contribution in [0.1, 0.15) is 64.7 Å². The van der Waals surface area contributed by atoms with Crippen molar-refractivity contribution < 1.29 is 0 Å². The SMILES string of the molecule is CCCC(CN1CCC2(CCCCC2)CC1)NC. The molecule has 2 heteroatoms. The van der Waals surface area contributed by atoms with Crippen LogP contribution in [-0.2, 0) is 0 Å². The van der Waals surface area contributed by atoms with Crippen LogP contribution in [0.5, 0.6) is 0 Å². The first-order valence-corrected chi connectivity index (χ1v) is 8.18. The van der Waals surface area contributed by atoms with Gasteiger partial charge in [0.15, 0.2) is 0 Å². The lowest BCUT2D eigenvalue weighted by atomic mass is 9.68. The number of nitrogens with zero attached hydrogens (tertiary/aromatic N) is 1. The van der Waals surface area contributed by atoms with Crippen molar-refractivity contribution in [1.29, 1.82) is 0 Å². The van der Waals surface area contributed by atoms with Crippen LogP contribution in [0, 0.1) is 5.41 Å². The predicted octanol–water partition coefficient (Wildman–Crippen LogP) is 3.42. The number of hydrogen-bond acceptors (Lipinski definition) is 2. The van der Waals surface area contributed by atoms with Crippen molar-refractivity contribution in [3.05, 3.63) is 0 Å². The summed E-state index contributed by atoms with van der Waals surface area (Å²) in [6.07, 6.45) is 13.1.